The Morgan fingerprint density at radius 3 is 1.80 bits per heavy atom. The molecule has 4 fully saturated rings. The zero-order chi connectivity index (χ0) is 43.9. The predicted octanol–water partition coefficient (Wildman–Crippen LogP) is 17.4. The fourth-order valence-electron chi connectivity index (χ4n) is 16.3. The molecule has 336 valence electrons. The summed E-state index contributed by atoms with van der Waals surface area (Å²) >= 11 is 0. The van der Waals surface area contributed by atoms with Gasteiger partial charge in [-0.25, -0.2) is 0 Å². The van der Waals surface area contributed by atoms with Crippen molar-refractivity contribution in [3.63, 3.8) is 0 Å². The van der Waals surface area contributed by atoms with Gasteiger partial charge >= 0.3 is 0 Å². The van der Waals surface area contributed by atoms with Crippen LogP contribution in [0.2, 0.25) is 17.5 Å². The van der Waals surface area contributed by atoms with Crippen LogP contribution in [0.3, 0.4) is 0 Å². The first kappa shape index (κ1) is 51.8. The summed E-state index contributed by atoms with van der Waals surface area (Å²) in [5, 5.41) is 0. The van der Waals surface area contributed by atoms with Gasteiger partial charge in [0.25, 0.3) is 0 Å². The number of hydrogen-bond acceptors (Lipinski definition) is 0. The summed E-state index contributed by atoms with van der Waals surface area (Å²) < 4.78 is 0. The normalized spacial score (nSPS) is 39.8. The fourth-order valence-corrected chi connectivity index (χ4v) is 16.3. The second kappa shape index (κ2) is 22.9. The second-order valence-corrected chi connectivity index (χ2v) is 25.0. The Labute approximate surface area is 376 Å². The SMILES string of the molecule is [B]C1C([B])C(C)C(C(CC(CC)C(C)(C)C)(C2CCC(C)CC2)C(C)(CCCCC(C)CC2CC(C3CCCCC3C)CC(CC)C2C)C(C)CCCCC)C(C)C1[B]. The summed E-state index contributed by atoms with van der Waals surface area (Å²) in [7, 11) is 21.6. The minimum atomic E-state index is -0.125. The number of rotatable bonds is 20. The van der Waals surface area contributed by atoms with Gasteiger partial charge in [0.2, 0.25) is 0 Å². The van der Waals surface area contributed by atoms with Crippen LogP contribution in [0, 0.1) is 99.1 Å². The first-order valence-corrected chi connectivity index (χ1v) is 27.0. The van der Waals surface area contributed by atoms with E-state index in [2.05, 4.69) is 96.9 Å². The maximum absolute atomic E-state index is 7.29. The van der Waals surface area contributed by atoms with Crippen molar-refractivity contribution < 1.29 is 0 Å². The van der Waals surface area contributed by atoms with Crippen LogP contribution >= 0.6 is 0 Å². The van der Waals surface area contributed by atoms with Crippen molar-refractivity contribution in [3.8, 4) is 0 Å². The molecule has 0 spiro atoms. The molecule has 0 bridgehead atoms. The summed E-state index contributed by atoms with van der Waals surface area (Å²) in [6.45, 7) is 36.1. The first-order valence-electron chi connectivity index (χ1n) is 27.0. The molecule has 0 nitrogen and oxygen atoms in total. The molecule has 4 saturated carbocycles. The Kier molecular flexibility index (Phi) is 20.1. The summed E-state index contributed by atoms with van der Waals surface area (Å²) in [5.41, 5.74) is 0.634. The lowest BCUT2D eigenvalue weighted by Crippen LogP contribution is -2.60. The molecule has 15 atom stereocenters. The lowest BCUT2D eigenvalue weighted by atomic mass is 9.33. The van der Waals surface area contributed by atoms with E-state index in [-0.39, 0.29) is 33.7 Å². The fraction of sp³-hybridized carbons (Fsp3) is 1.00. The molecule has 0 aromatic heterocycles. The molecule has 0 amide bonds. The van der Waals surface area contributed by atoms with E-state index < -0.39 is 0 Å². The molecular formula is C56H103B3. The third-order valence-corrected chi connectivity index (χ3v) is 20.6. The van der Waals surface area contributed by atoms with Crippen LogP contribution in [0.15, 0.2) is 0 Å². The van der Waals surface area contributed by atoms with Gasteiger partial charge in [0.15, 0.2) is 0 Å². The van der Waals surface area contributed by atoms with Crippen LogP contribution in [-0.2, 0) is 0 Å². The van der Waals surface area contributed by atoms with Crippen LogP contribution in [-0.4, -0.2) is 23.5 Å². The maximum Gasteiger partial charge on any atom is 0.0696 e. The molecule has 15 unspecified atom stereocenters. The van der Waals surface area contributed by atoms with Crippen LogP contribution in [0.25, 0.3) is 0 Å². The predicted molar refractivity (Wildman–Crippen MR) is 266 cm³/mol. The standard InChI is InChI=1S/C56H103B3/c1-15-18-19-26-40(7)55(14,32-23-22-24-38(5)33-45-35-46(34-44(16-2)41(45)8)49-27-21-20-25-39(49)6)56(36-47(17-3)54(11,12)13,48-30-28-37(4)29-31-48)50-42(9)51(57)53(59)52(58)43(50)10/h37-53H,15-36H2,1-14H3. The molecule has 0 N–H and O–H groups in total. The van der Waals surface area contributed by atoms with Crippen molar-refractivity contribution in [1.29, 1.82) is 0 Å². The van der Waals surface area contributed by atoms with Gasteiger partial charge in [0, 0.05) is 0 Å². The van der Waals surface area contributed by atoms with E-state index in [1.165, 1.54) is 141 Å². The van der Waals surface area contributed by atoms with Crippen molar-refractivity contribution in [2.24, 2.45) is 99.1 Å². The summed E-state index contributed by atoms with van der Waals surface area (Å²) in [6, 6.07) is 0. The average Bonchev–Trinajstić information content (AvgIpc) is 3.20. The van der Waals surface area contributed by atoms with E-state index in [0.717, 1.165) is 53.3 Å². The lowest BCUT2D eigenvalue weighted by molar-refractivity contribution is -0.173. The zero-order valence-corrected chi connectivity index (χ0v) is 42.6. The Hall–Kier alpha value is 0.195. The highest BCUT2D eigenvalue weighted by molar-refractivity contribution is 6.26. The summed E-state index contributed by atoms with van der Waals surface area (Å²) in [5.74, 6) is 10.4. The van der Waals surface area contributed by atoms with Crippen LogP contribution in [0.1, 0.15) is 238 Å². The third kappa shape index (κ3) is 11.9. The van der Waals surface area contributed by atoms with E-state index in [9.17, 15) is 0 Å². The summed E-state index contributed by atoms with van der Waals surface area (Å²) in [4.78, 5) is 0. The molecule has 4 aliphatic rings. The van der Waals surface area contributed by atoms with Crippen LogP contribution in [0.5, 0.6) is 0 Å². The van der Waals surface area contributed by atoms with E-state index in [1.807, 2.05) is 0 Å². The summed E-state index contributed by atoms with van der Waals surface area (Å²) in [6.07, 6.45) is 30.8. The highest BCUT2D eigenvalue weighted by Gasteiger charge is 2.63. The highest BCUT2D eigenvalue weighted by Crippen LogP contribution is 2.71. The number of hydrogen-bond donors (Lipinski definition) is 0. The quantitative estimate of drug-likeness (QED) is 0.0849. The molecule has 3 heteroatoms. The van der Waals surface area contributed by atoms with E-state index in [0.29, 0.717) is 29.6 Å². The first-order chi connectivity index (χ1) is 27.8. The van der Waals surface area contributed by atoms with E-state index in [4.69, 9.17) is 23.5 Å². The van der Waals surface area contributed by atoms with Crippen LogP contribution < -0.4 is 0 Å². The molecule has 0 aromatic carbocycles. The average molecular weight is 809 g/mol. The van der Waals surface area contributed by atoms with Gasteiger partial charge in [0.1, 0.15) is 0 Å². The topological polar surface area (TPSA) is 0 Å². The van der Waals surface area contributed by atoms with Gasteiger partial charge in [-0.2, -0.15) is 0 Å². The molecular weight excluding hydrogens is 705 g/mol. The highest BCUT2D eigenvalue weighted by atomic mass is 14.7. The van der Waals surface area contributed by atoms with Gasteiger partial charge < -0.3 is 0 Å². The van der Waals surface area contributed by atoms with E-state index in [1.54, 1.807) is 0 Å². The Bertz CT molecular complexity index is 1170. The van der Waals surface area contributed by atoms with Gasteiger partial charge in [-0.05, 0) is 150 Å². The second-order valence-electron chi connectivity index (χ2n) is 25.0. The monoisotopic (exact) mass is 809 g/mol. The molecule has 0 aliphatic heterocycles. The molecule has 4 rings (SSSR count). The Morgan fingerprint density at radius 1 is 0.644 bits per heavy atom. The van der Waals surface area contributed by atoms with Crippen molar-refractivity contribution in [1.82, 2.24) is 0 Å². The largest absolute Gasteiger partial charge is 0.0866 e. The molecule has 0 aromatic rings. The van der Waals surface area contributed by atoms with Gasteiger partial charge in [-0.15, -0.1) is 0 Å². The molecule has 6 radical (unpaired) electrons. The van der Waals surface area contributed by atoms with Gasteiger partial charge in [0.05, 0.1) is 23.5 Å². The minimum Gasteiger partial charge on any atom is -0.0866 e. The number of unbranched alkanes of at least 4 members (excludes halogenated alkanes) is 3. The molecule has 59 heavy (non-hydrogen) atoms. The Balaban J connectivity index is 1.69. The van der Waals surface area contributed by atoms with Crippen molar-refractivity contribution >= 4 is 23.5 Å². The van der Waals surface area contributed by atoms with Gasteiger partial charge in [-0.1, -0.05) is 204 Å². The van der Waals surface area contributed by atoms with Gasteiger partial charge in [-0.3, -0.25) is 0 Å². The molecule has 0 saturated heterocycles. The van der Waals surface area contributed by atoms with E-state index >= 15 is 0 Å². The Morgan fingerprint density at radius 2 is 1.24 bits per heavy atom. The maximum atomic E-state index is 7.29. The molecule has 4 aliphatic carbocycles. The smallest absolute Gasteiger partial charge is 0.0696 e. The third-order valence-electron chi connectivity index (χ3n) is 20.6. The van der Waals surface area contributed by atoms with Crippen molar-refractivity contribution in [3.05, 3.63) is 0 Å². The van der Waals surface area contributed by atoms with Crippen molar-refractivity contribution in [2.75, 3.05) is 0 Å². The minimum absolute atomic E-state index is 0.0429. The van der Waals surface area contributed by atoms with Crippen LogP contribution in [0.4, 0.5) is 0 Å². The van der Waals surface area contributed by atoms with Crippen molar-refractivity contribution in [2.45, 2.75) is 256 Å². The lowest BCUT2D eigenvalue weighted by Gasteiger charge is -2.68. The molecule has 0 heterocycles. The zero-order valence-electron chi connectivity index (χ0n) is 42.6.